The van der Waals surface area contributed by atoms with E-state index in [0.717, 1.165) is 58.3 Å². The third-order valence-corrected chi connectivity index (χ3v) is 32.7. The minimum absolute atomic E-state index is 0.000627. The van der Waals surface area contributed by atoms with Gasteiger partial charge in [0.05, 0.1) is 21.3 Å². The van der Waals surface area contributed by atoms with Crippen molar-refractivity contribution < 1.29 is 23.7 Å². The molecule has 132 heavy (non-hydrogen) atoms. The number of benzene rings is 12. The van der Waals surface area contributed by atoms with Gasteiger partial charge in [0, 0.05) is 92.4 Å². The lowest BCUT2D eigenvalue weighted by atomic mass is 9.68. The van der Waals surface area contributed by atoms with E-state index in [0.29, 0.717) is 19.3 Å². The van der Waals surface area contributed by atoms with Crippen LogP contribution in [0.4, 0.5) is 0 Å². The second kappa shape index (κ2) is 36.5. The van der Waals surface area contributed by atoms with E-state index in [4.69, 9.17) is 23.7 Å². The average Bonchev–Trinajstić information content (AvgIpc) is 1.51. The van der Waals surface area contributed by atoms with Gasteiger partial charge in [-0.3, -0.25) is 0 Å². The molecule has 0 bridgehead atoms. The molecule has 0 atom stereocenters. The number of rotatable bonds is 15. The van der Waals surface area contributed by atoms with Crippen molar-refractivity contribution in [1.29, 1.82) is 0 Å². The number of fused-ring (bicyclic) bond motifs is 6. The van der Waals surface area contributed by atoms with E-state index in [9.17, 15) is 0 Å². The van der Waals surface area contributed by atoms with Gasteiger partial charge in [-0.2, -0.15) is 0 Å². The Bertz CT molecular complexity index is 5800. The second-order valence-corrected chi connectivity index (χ2v) is 45.4. The van der Waals surface area contributed by atoms with Crippen LogP contribution in [0.15, 0.2) is 164 Å². The maximum absolute atomic E-state index is 6.67. The van der Waals surface area contributed by atoms with Crippen molar-refractivity contribution in [3.8, 4) is 28.7 Å². The molecule has 12 aromatic carbocycles. The van der Waals surface area contributed by atoms with Gasteiger partial charge in [-0.15, -0.1) is 0 Å². The van der Waals surface area contributed by atoms with Crippen LogP contribution >= 0.6 is 0 Å². The monoisotopic (exact) mass is 1760 g/mol. The number of aryl methyl sites for hydroxylation is 15. The molecule has 5 nitrogen and oxygen atoms in total. The standard InChI is InChI=1S/C39H48O3.C36H42.C27H36.C25H32O2/c1-22-13-31(14-23(2)28(22)7)19-34-37(40-10)35(20-32-15-24(3)29(8)25(4)16-32)39(42-12)36(38(34)41-11)21-33-17-26(5)30(9)27(6)18-33;1-25-10-16-28(17-11-25)34(4,5)31-22-32(35(6,7)29-18-12-26(2)13-19-29)24-33(23-31)36(8,9)30-20-14-27(3)15-21-30;1-15-11-21-23(19(5)17(15)3)27(13-25(21,7)8)14-26(9,10)22-12-16(2)18(4)20(6)24(22)27;1-15-9-19-21(11-17(15)3)26-25(13-23(19,5)6)14-24(7,8)20-10-16(2)18(4)12-22(20)27-25/h13-18H,19-21H2,1-12H3;10-24H,1-9H3;11-12H,13-14H2,1-10H3;9-12H,13-14H2,1-8H3. The summed E-state index contributed by atoms with van der Waals surface area (Å²) in [4.78, 5) is 0. The molecule has 2 aliphatic carbocycles. The summed E-state index contributed by atoms with van der Waals surface area (Å²) < 4.78 is 32.2. The number of hydrogen-bond acceptors (Lipinski definition) is 5. The largest absolute Gasteiger partial charge is 0.496 e. The fraction of sp³-hybridized carbons (Fsp3) is 0.433. The van der Waals surface area contributed by atoms with Gasteiger partial charge in [-0.05, 0) is 366 Å². The molecule has 2 heterocycles. The molecule has 5 heteroatoms. The molecule has 2 aliphatic heterocycles. The maximum atomic E-state index is 6.67. The summed E-state index contributed by atoms with van der Waals surface area (Å²) in [7, 11) is 5.31. The molecule has 4 aliphatic rings. The Morgan fingerprint density at radius 1 is 0.250 bits per heavy atom. The maximum Gasteiger partial charge on any atom is 0.252 e. The van der Waals surface area contributed by atoms with Crippen LogP contribution in [0.3, 0.4) is 0 Å². The van der Waals surface area contributed by atoms with Gasteiger partial charge in [0.2, 0.25) is 0 Å². The third kappa shape index (κ3) is 18.8. The summed E-state index contributed by atoms with van der Waals surface area (Å²) in [6, 6.07) is 62.3. The van der Waals surface area contributed by atoms with Crippen LogP contribution in [0.25, 0.3) is 0 Å². The molecule has 0 aromatic heterocycles. The first-order valence-corrected chi connectivity index (χ1v) is 48.7. The van der Waals surface area contributed by atoms with Crippen molar-refractivity contribution in [2.45, 2.75) is 343 Å². The normalized spacial score (nSPS) is 15.5. The van der Waals surface area contributed by atoms with Crippen LogP contribution in [0.1, 0.15) is 345 Å². The van der Waals surface area contributed by atoms with E-state index < -0.39 is 5.79 Å². The van der Waals surface area contributed by atoms with Gasteiger partial charge < -0.3 is 23.7 Å². The van der Waals surface area contributed by atoms with E-state index in [-0.39, 0.29) is 43.3 Å². The van der Waals surface area contributed by atoms with Crippen LogP contribution in [0.2, 0.25) is 0 Å². The first kappa shape index (κ1) is 99.1. The minimum atomic E-state index is -0.615. The highest BCUT2D eigenvalue weighted by atomic mass is 16.7. The summed E-state index contributed by atoms with van der Waals surface area (Å²) in [5, 5.41) is 0. The van der Waals surface area contributed by atoms with Crippen molar-refractivity contribution in [2.75, 3.05) is 21.3 Å². The Hall–Kier alpha value is -10.4. The van der Waals surface area contributed by atoms with Crippen LogP contribution in [0.5, 0.6) is 28.7 Å². The summed E-state index contributed by atoms with van der Waals surface area (Å²) in [5.74, 6) is 3.88. The van der Waals surface area contributed by atoms with Crippen LogP contribution < -0.4 is 23.7 Å². The third-order valence-electron chi connectivity index (χ3n) is 32.7. The van der Waals surface area contributed by atoms with Crippen molar-refractivity contribution in [1.82, 2.24) is 0 Å². The smallest absolute Gasteiger partial charge is 0.252 e. The molecule has 0 N–H and O–H groups in total. The van der Waals surface area contributed by atoms with E-state index >= 15 is 0 Å². The summed E-state index contributed by atoms with van der Waals surface area (Å²) in [5.41, 5.74) is 54.2. The molecule has 696 valence electrons. The van der Waals surface area contributed by atoms with Gasteiger partial charge >= 0.3 is 0 Å². The molecule has 0 unspecified atom stereocenters. The van der Waals surface area contributed by atoms with Gasteiger partial charge in [-0.25, -0.2) is 0 Å². The quantitative estimate of drug-likeness (QED) is 0.102. The van der Waals surface area contributed by atoms with Gasteiger partial charge in [0.1, 0.15) is 28.7 Å². The number of ether oxygens (including phenoxy) is 5. The number of methoxy groups -OCH3 is 3. The molecule has 0 saturated carbocycles. The topological polar surface area (TPSA) is 46.2 Å². The lowest BCUT2D eigenvalue weighted by Gasteiger charge is -2.51. The SMILES string of the molecule is COc1c(Cc2cc(C)c(C)c(C)c2)c(OC)c(Cc2cc(C)c(C)c(C)c2)c(OC)c1Cc1cc(C)c(C)c(C)c1.Cc1cc2c(c(C)c1C)C1(CC2(C)C)CC(C)(C)c2cc(C)c(C)c(C)c21.Cc1cc2c(cc1C)C(C)(C)CC1(CC(C)(C)c3cc(C)c(C)cc3O1)O2.Cc1ccc(C(C)(C)c2cc(C(C)(C)c3ccc(C)cc3)cc(C(C)(C)c3ccc(C)cc3)c2)cc1. The highest BCUT2D eigenvalue weighted by molar-refractivity contribution is 5.69. The van der Waals surface area contributed by atoms with Crippen molar-refractivity contribution >= 4 is 0 Å². The lowest BCUT2D eigenvalue weighted by Crippen LogP contribution is -2.55. The van der Waals surface area contributed by atoms with Gasteiger partial charge in [0.15, 0.2) is 0 Å². The van der Waals surface area contributed by atoms with Crippen LogP contribution in [-0.2, 0) is 62.6 Å². The Morgan fingerprint density at radius 3 is 0.727 bits per heavy atom. The van der Waals surface area contributed by atoms with Crippen molar-refractivity contribution in [3.63, 3.8) is 0 Å². The van der Waals surface area contributed by atoms with E-state index in [2.05, 4.69) is 413 Å². The van der Waals surface area contributed by atoms with Crippen molar-refractivity contribution in [3.05, 3.63) is 386 Å². The molecular weight excluding hydrogens is 1610 g/mol. The number of hydrogen-bond donors (Lipinski definition) is 0. The highest BCUT2D eigenvalue weighted by Gasteiger charge is 2.58. The average molecular weight is 1760 g/mol. The van der Waals surface area contributed by atoms with Crippen molar-refractivity contribution in [2.24, 2.45) is 0 Å². The highest BCUT2D eigenvalue weighted by Crippen LogP contribution is 2.65. The molecule has 0 saturated heterocycles. The molecule has 0 fully saturated rings. The van der Waals surface area contributed by atoms with Crippen LogP contribution in [-0.4, -0.2) is 27.1 Å². The zero-order chi connectivity index (χ0) is 97.1. The van der Waals surface area contributed by atoms with E-state index in [1.165, 1.54) is 196 Å². The van der Waals surface area contributed by atoms with Gasteiger partial charge in [-0.1, -0.05) is 265 Å². The Morgan fingerprint density at radius 2 is 0.477 bits per heavy atom. The predicted molar refractivity (Wildman–Crippen MR) is 561 cm³/mol. The van der Waals surface area contributed by atoms with Crippen LogP contribution in [0, 0.1) is 152 Å². The fourth-order valence-corrected chi connectivity index (χ4v) is 23.2. The minimum Gasteiger partial charge on any atom is -0.496 e. The summed E-state index contributed by atoms with van der Waals surface area (Å²) >= 11 is 0. The molecular formula is C127H158O5. The first-order valence-electron chi connectivity index (χ1n) is 48.7. The predicted octanol–water partition coefficient (Wildman–Crippen LogP) is 32.5. The van der Waals surface area contributed by atoms with E-state index in [1.54, 1.807) is 43.6 Å². The Labute approximate surface area is 798 Å². The molecule has 0 amide bonds. The fourth-order valence-electron chi connectivity index (χ4n) is 23.2. The second-order valence-electron chi connectivity index (χ2n) is 45.4. The van der Waals surface area contributed by atoms with Gasteiger partial charge in [0.25, 0.3) is 5.79 Å². The Balaban J connectivity index is 0.000000152. The van der Waals surface area contributed by atoms with E-state index in [1.807, 2.05) is 0 Å². The Kier molecular flexibility index (Phi) is 27.4. The molecule has 0 radical (unpaired) electrons. The lowest BCUT2D eigenvalue weighted by molar-refractivity contribution is -0.166. The first-order chi connectivity index (χ1) is 61.5. The summed E-state index contributed by atoms with van der Waals surface area (Å²) in [6.07, 6.45) is 6.29. The molecule has 12 aromatic rings. The summed E-state index contributed by atoms with van der Waals surface area (Å²) in [6.45, 7) is 82.1. The molecule has 2 spiro atoms. The molecule has 16 rings (SSSR count). The zero-order valence-electron chi connectivity index (χ0n) is 88.6. The zero-order valence-corrected chi connectivity index (χ0v) is 88.6.